The Kier molecular flexibility index (Phi) is 5.49. The third-order valence-corrected chi connectivity index (χ3v) is 3.19. The molecule has 1 unspecified atom stereocenters. The number of hydrogen-bond acceptors (Lipinski definition) is 5. The van der Waals surface area contributed by atoms with Gasteiger partial charge in [0, 0.05) is 32.8 Å². The Bertz CT molecular complexity index is 477. The molecule has 0 aliphatic carbocycles. The van der Waals surface area contributed by atoms with E-state index in [0.717, 1.165) is 5.69 Å². The smallest absolute Gasteiger partial charge is 0.224 e. The van der Waals surface area contributed by atoms with Crippen LogP contribution in [-0.4, -0.2) is 40.8 Å². The molecule has 0 aliphatic rings. The molecular weight excluding hydrogens is 258 g/mol. The predicted molar refractivity (Wildman–Crippen MR) is 80.5 cm³/mol. The van der Waals surface area contributed by atoms with Gasteiger partial charge in [-0.1, -0.05) is 6.92 Å². The first-order valence-electron chi connectivity index (χ1n) is 6.38. The van der Waals surface area contributed by atoms with Gasteiger partial charge in [0.25, 0.3) is 0 Å². The molecule has 1 rings (SSSR count). The number of ether oxygens (including phenoxy) is 2. The van der Waals surface area contributed by atoms with Gasteiger partial charge in [0.05, 0.1) is 31.5 Å². The van der Waals surface area contributed by atoms with E-state index in [4.69, 9.17) is 15.2 Å². The lowest BCUT2D eigenvalue weighted by Crippen LogP contribution is -2.34. The summed E-state index contributed by atoms with van der Waals surface area (Å²) in [5, 5.41) is 2.64. The maximum atomic E-state index is 11.6. The van der Waals surface area contributed by atoms with Crippen molar-refractivity contribution >= 4 is 17.3 Å². The molecule has 0 saturated heterocycles. The normalized spacial score (nSPS) is 11.7. The lowest BCUT2D eigenvalue weighted by atomic mass is 10.1. The number of amides is 1. The number of carbonyl (C=O) groups is 1. The number of nitrogen functional groups attached to an aromatic ring is 1. The van der Waals surface area contributed by atoms with E-state index in [1.165, 1.54) is 0 Å². The number of anilines is 2. The highest BCUT2D eigenvalue weighted by molar-refractivity contribution is 5.79. The number of hydrogen-bond donors (Lipinski definition) is 2. The van der Waals surface area contributed by atoms with Gasteiger partial charge in [-0.2, -0.15) is 0 Å². The van der Waals surface area contributed by atoms with E-state index >= 15 is 0 Å². The predicted octanol–water partition coefficient (Wildman–Crippen LogP) is 1.10. The summed E-state index contributed by atoms with van der Waals surface area (Å²) >= 11 is 0. The fraction of sp³-hybridized carbons (Fsp3) is 0.500. The summed E-state index contributed by atoms with van der Waals surface area (Å²) in [4.78, 5) is 13.5. The molecule has 0 spiro atoms. The zero-order valence-electron chi connectivity index (χ0n) is 12.7. The van der Waals surface area contributed by atoms with Crippen LogP contribution in [0.3, 0.4) is 0 Å². The minimum absolute atomic E-state index is 0.00380. The van der Waals surface area contributed by atoms with Crippen molar-refractivity contribution in [3.05, 3.63) is 12.1 Å². The second kappa shape index (κ2) is 6.88. The number of nitrogens with one attached hydrogen (secondary N) is 1. The maximum Gasteiger partial charge on any atom is 0.224 e. The minimum atomic E-state index is -0.141. The number of carbonyl (C=O) groups excluding carboxylic acids is 1. The SMILES string of the molecule is CNC(=O)C(C)CN(C)c1cc(OC)c(OC)cc1N. The summed E-state index contributed by atoms with van der Waals surface area (Å²) in [6, 6.07) is 3.53. The molecule has 1 atom stereocenters. The van der Waals surface area contributed by atoms with Gasteiger partial charge in [0.2, 0.25) is 5.91 Å². The molecule has 0 aliphatic heterocycles. The van der Waals surface area contributed by atoms with Crippen molar-refractivity contribution in [1.82, 2.24) is 5.32 Å². The molecule has 6 heteroatoms. The van der Waals surface area contributed by atoms with E-state index < -0.39 is 0 Å². The molecule has 0 saturated carbocycles. The second-order valence-electron chi connectivity index (χ2n) is 4.66. The Hall–Kier alpha value is -2.11. The highest BCUT2D eigenvalue weighted by Gasteiger charge is 2.17. The van der Waals surface area contributed by atoms with Crippen LogP contribution < -0.4 is 25.4 Å². The van der Waals surface area contributed by atoms with Gasteiger partial charge in [-0.3, -0.25) is 4.79 Å². The first-order chi connectivity index (χ1) is 9.44. The van der Waals surface area contributed by atoms with Crippen LogP contribution in [0.2, 0.25) is 0 Å². The monoisotopic (exact) mass is 281 g/mol. The van der Waals surface area contributed by atoms with Gasteiger partial charge in [-0.15, -0.1) is 0 Å². The van der Waals surface area contributed by atoms with Crippen molar-refractivity contribution in [3.63, 3.8) is 0 Å². The number of methoxy groups -OCH3 is 2. The molecule has 3 N–H and O–H groups in total. The molecule has 1 aromatic rings. The van der Waals surface area contributed by atoms with Crippen LogP contribution in [0.1, 0.15) is 6.92 Å². The maximum absolute atomic E-state index is 11.6. The zero-order chi connectivity index (χ0) is 15.3. The molecule has 0 aromatic heterocycles. The Balaban J connectivity index is 2.98. The van der Waals surface area contributed by atoms with Gasteiger partial charge < -0.3 is 25.4 Å². The van der Waals surface area contributed by atoms with E-state index in [-0.39, 0.29) is 11.8 Å². The number of nitrogens with zero attached hydrogens (tertiary/aromatic N) is 1. The number of rotatable bonds is 6. The summed E-state index contributed by atoms with van der Waals surface area (Å²) < 4.78 is 10.5. The van der Waals surface area contributed by atoms with Crippen LogP contribution in [0.5, 0.6) is 11.5 Å². The van der Waals surface area contributed by atoms with Gasteiger partial charge in [-0.05, 0) is 0 Å². The molecular formula is C14H23N3O3. The van der Waals surface area contributed by atoms with Crippen molar-refractivity contribution in [2.75, 3.05) is 45.5 Å². The Labute approximate surface area is 119 Å². The Morgan fingerprint density at radius 3 is 2.40 bits per heavy atom. The molecule has 1 amide bonds. The largest absolute Gasteiger partial charge is 0.493 e. The molecule has 1 aromatic carbocycles. The van der Waals surface area contributed by atoms with Crippen LogP contribution in [-0.2, 0) is 4.79 Å². The van der Waals surface area contributed by atoms with E-state index in [9.17, 15) is 4.79 Å². The molecule has 20 heavy (non-hydrogen) atoms. The third-order valence-electron chi connectivity index (χ3n) is 3.19. The molecule has 0 fully saturated rings. The first kappa shape index (κ1) is 15.9. The Morgan fingerprint density at radius 1 is 1.35 bits per heavy atom. The summed E-state index contributed by atoms with van der Waals surface area (Å²) in [6.07, 6.45) is 0. The average molecular weight is 281 g/mol. The fourth-order valence-electron chi connectivity index (χ4n) is 2.05. The molecule has 0 bridgehead atoms. The molecule has 0 radical (unpaired) electrons. The topological polar surface area (TPSA) is 76.8 Å². The van der Waals surface area contributed by atoms with Crippen molar-refractivity contribution < 1.29 is 14.3 Å². The quantitative estimate of drug-likeness (QED) is 0.764. The zero-order valence-corrected chi connectivity index (χ0v) is 12.7. The van der Waals surface area contributed by atoms with Crippen molar-refractivity contribution in [3.8, 4) is 11.5 Å². The van der Waals surface area contributed by atoms with Gasteiger partial charge >= 0.3 is 0 Å². The van der Waals surface area contributed by atoms with E-state index in [1.807, 2.05) is 24.9 Å². The first-order valence-corrected chi connectivity index (χ1v) is 6.38. The van der Waals surface area contributed by atoms with Gasteiger partial charge in [0.1, 0.15) is 0 Å². The van der Waals surface area contributed by atoms with Crippen LogP contribution in [0.15, 0.2) is 12.1 Å². The van der Waals surface area contributed by atoms with Crippen molar-refractivity contribution in [2.45, 2.75) is 6.92 Å². The summed E-state index contributed by atoms with van der Waals surface area (Å²) in [6.45, 7) is 2.42. The average Bonchev–Trinajstić information content (AvgIpc) is 2.45. The third kappa shape index (κ3) is 3.46. The molecule has 6 nitrogen and oxygen atoms in total. The van der Waals surface area contributed by atoms with Crippen LogP contribution in [0.25, 0.3) is 0 Å². The fourth-order valence-corrected chi connectivity index (χ4v) is 2.05. The molecule has 0 heterocycles. The van der Waals surface area contributed by atoms with Gasteiger partial charge in [-0.25, -0.2) is 0 Å². The van der Waals surface area contributed by atoms with Crippen LogP contribution in [0.4, 0.5) is 11.4 Å². The number of nitrogens with two attached hydrogens (primary N) is 1. The standard InChI is InChI=1S/C14H23N3O3/c1-9(14(18)16-2)8-17(3)11-7-13(20-5)12(19-4)6-10(11)15/h6-7,9H,8,15H2,1-5H3,(H,16,18). The van der Waals surface area contributed by atoms with E-state index in [0.29, 0.717) is 23.7 Å². The minimum Gasteiger partial charge on any atom is -0.493 e. The summed E-state index contributed by atoms with van der Waals surface area (Å²) in [5.41, 5.74) is 7.41. The summed E-state index contributed by atoms with van der Waals surface area (Å²) in [7, 11) is 6.65. The van der Waals surface area contributed by atoms with Crippen molar-refractivity contribution in [2.24, 2.45) is 5.92 Å². The molecule has 112 valence electrons. The lowest BCUT2D eigenvalue weighted by Gasteiger charge is -2.25. The van der Waals surface area contributed by atoms with E-state index in [2.05, 4.69) is 5.32 Å². The van der Waals surface area contributed by atoms with Gasteiger partial charge in [0.15, 0.2) is 11.5 Å². The van der Waals surface area contributed by atoms with Crippen LogP contribution in [0, 0.1) is 5.92 Å². The van der Waals surface area contributed by atoms with Crippen molar-refractivity contribution in [1.29, 1.82) is 0 Å². The Morgan fingerprint density at radius 2 is 1.90 bits per heavy atom. The van der Waals surface area contributed by atoms with E-state index in [1.54, 1.807) is 27.3 Å². The highest BCUT2D eigenvalue weighted by atomic mass is 16.5. The lowest BCUT2D eigenvalue weighted by molar-refractivity contribution is -0.123. The second-order valence-corrected chi connectivity index (χ2v) is 4.66. The highest BCUT2D eigenvalue weighted by Crippen LogP contribution is 2.36. The summed E-state index contributed by atoms with van der Waals surface area (Å²) in [5.74, 6) is 1.05. The van der Waals surface area contributed by atoms with Crippen LogP contribution >= 0.6 is 0 Å². The number of benzene rings is 1.